The third kappa shape index (κ3) is 1.34. The Morgan fingerprint density at radius 3 is 2.88 bits per heavy atom. The van der Waals surface area contributed by atoms with E-state index < -0.39 is 11.5 Å². The average molecular weight is 246 g/mol. The van der Waals surface area contributed by atoms with Gasteiger partial charge in [0.2, 0.25) is 0 Å². The van der Waals surface area contributed by atoms with E-state index in [4.69, 9.17) is 5.11 Å². The van der Waals surface area contributed by atoms with E-state index in [2.05, 4.69) is 4.98 Å². The van der Waals surface area contributed by atoms with Crippen LogP contribution in [0, 0.1) is 0 Å². The average Bonchev–Trinajstić information content (AvgIpc) is 2.67. The monoisotopic (exact) mass is 246 g/mol. The molecular formula is C11H6N2O3S. The molecule has 1 aromatic carbocycles. The molecule has 0 amide bonds. The van der Waals surface area contributed by atoms with Gasteiger partial charge in [-0.2, -0.15) is 0 Å². The van der Waals surface area contributed by atoms with E-state index in [1.54, 1.807) is 12.1 Å². The predicted octanol–water partition coefficient (Wildman–Crippen LogP) is 1.61. The number of nitrogens with zero attached hydrogens (tertiary/aromatic N) is 2. The molecule has 0 atom stereocenters. The van der Waals surface area contributed by atoms with Crippen molar-refractivity contribution in [1.82, 2.24) is 9.38 Å². The van der Waals surface area contributed by atoms with Gasteiger partial charge in [0.15, 0.2) is 4.96 Å². The van der Waals surface area contributed by atoms with E-state index >= 15 is 0 Å². The molecule has 0 aliphatic heterocycles. The van der Waals surface area contributed by atoms with Crippen molar-refractivity contribution in [2.24, 2.45) is 0 Å². The Morgan fingerprint density at radius 2 is 2.12 bits per heavy atom. The van der Waals surface area contributed by atoms with Crippen LogP contribution in [-0.4, -0.2) is 20.5 Å². The Hall–Kier alpha value is -2.21. The van der Waals surface area contributed by atoms with Crippen molar-refractivity contribution in [2.45, 2.75) is 0 Å². The van der Waals surface area contributed by atoms with Crippen molar-refractivity contribution in [3.63, 3.8) is 0 Å². The van der Waals surface area contributed by atoms with Gasteiger partial charge in [0.25, 0.3) is 5.56 Å². The van der Waals surface area contributed by atoms with Gasteiger partial charge in [-0.05, 0) is 12.1 Å². The molecule has 3 aromatic rings. The first-order valence-electron chi connectivity index (χ1n) is 4.81. The second kappa shape index (κ2) is 3.39. The maximum absolute atomic E-state index is 12.0. The highest BCUT2D eigenvalue weighted by Gasteiger charge is 2.14. The van der Waals surface area contributed by atoms with Crippen LogP contribution in [0.1, 0.15) is 10.4 Å². The number of fused-ring (bicyclic) bond motifs is 3. The summed E-state index contributed by atoms with van der Waals surface area (Å²) in [6, 6.07) is 7.30. The summed E-state index contributed by atoms with van der Waals surface area (Å²) in [5.41, 5.74) is -0.167. The lowest BCUT2D eigenvalue weighted by Crippen LogP contribution is -2.21. The fraction of sp³-hybridized carbons (Fsp3) is 0. The van der Waals surface area contributed by atoms with E-state index in [-0.39, 0.29) is 5.56 Å². The number of benzene rings is 1. The SMILES string of the molecule is O=C(O)c1cnc2sc3ccccc3n2c1=O. The van der Waals surface area contributed by atoms with Crippen LogP contribution >= 0.6 is 11.3 Å². The zero-order valence-electron chi connectivity index (χ0n) is 8.45. The molecule has 6 heteroatoms. The predicted molar refractivity (Wildman–Crippen MR) is 63.8 cm³/mol. The summed E-state index contributed by atoms with van der Waals surface area (Å²) < 4.78 is 2.24. The molecule has 2 heterocycles. The van der Waals surface area contributed by atoms with Gasteiger partial charge in [0, 0.05) is 0 Å². The highest BCUT2D eigenvalue weighted by atomic mass is 32.1. The second-order valence-corrected chi connectivity index (χ2v) is 4.48. The number of carboxylic acids is 1. The molecule has 0 unspecified atom stereocenters. The van der Waals surface area contributed by atoms with Crippen LogP contribution in [-0.2, 0) is 0 Å². The zero-order valence-corrected chi connectivity index (χ0v) is 9.27. The number of carbonyl (C=O) groups is 1. The summed E-state index contributed by atoms with van der Waals surface area (Å²) in [7, 11) is 0. The van der Waals surface area contributed by atoms with Gasteiger partial charge >= 0.3 is 5.97 Å². The maximum atomic E-state index is 12.0. The smallest absolute Gasteiger partial charge is 0.342 e. The van der Waals surface area contributed by atoms with Gasteiger partial charge in [-0.15, -0.1) is 0 Å². The van der Waals surface area contributed by atoms with E-state index in [1.165, 1.54) is 15.7 Å². The highest BCUT2D eigenvalue weighted by molar-refractivity contribution is 7.23. The van der Waals surface area contributed by atoms with Crippen LogP contribution in [0.2, 0.25) is 0 Å². The molecule has 5 nitrogen and oxygen atoms in total. The standard InChI is InChI=1S/C11H6N2O3S/c14-9-6(10(15)16)5-12-11-13(9)7-3-1-2-4-8(7)17-11/h1-5H,(H,15,16). The van der Waals surface area contributed by atoms with Crippen LogP contribution < -0.4 is 5.56 Å². The number of para-hydroxylation sites is 1. The van der Waals surface area contributed by atoms with Crippen LogP contribution in [0.4, 0.5) is 0 Å². The Morgan fingerprint density at radius 1 is 1.35 bits per heavy atom. The van der Waals surface area contributed by atoms with Gasteiger partial charge in [-0.1, -0.05) is 23.5 Å². The van der Waals surface area contributed by atoms with Gasteiger partial charge in [-0.3, -0.25) is 9.20 Å². The lowest BCUT2D eigenvalue weighted by atomic mass is 10.3. The Labute approximate surface area is 98.6 Å². The normalized spacial score (nSPS) is 11.1. The first-order valence-corrected chi connectivity index (χ1v) is 5.63. The van der Waals surface area contributed by atoms with Crippen LogP contribution in [0.15, 0.2) is 35.3 Å². The molecule has 0 fully saturated rings. The van der Waals surface area contributed by atoms with Crippen LogP contribution in [0.3, 0.4) is 0 Å². The number of hydrogen-bond acceptors (Lipinski definition) is 4. The van der Waals surface area contributed by atoms with Crippen LogP contribution in [0.5, 0.6) is 0 Å². The van der Waals surface area contributed by atoms with E-state index in [0.29, 0.717) is 10.5 Å². The summed E-state index contributed by atoms with van der Waals surface area (Å²) in [5.74, 6) is -1.26. The van der Waals surface area contributed by atoms with Crippen molar-refractivity contribution in [3.05, 3.63) is 46.4 Å². The van der Waals surface area contributed by atoms with E-state index in [9.17, 15) is 9.59 Å². The molecule has 84 valence electrons. The number of rotatable bonds is 1. The number of hydrogen-bond donors (Lipinski definition) is 1. The van der Waals surface area contributed by atoms with Crippen molar-refractivity contribution >= 4 is 32.5 Å². The quantitative estimate of drug-likeness (QED) is 0.708. The largest absolute Gasteiger partial charge is 0.477 e. The van der Waals surface area contributed by atoms with Gasteiger partial charge in [0.1, 0.15) is 5.56 Å². The lowest BCUT2D eigenvalue weighted by molar-refractivity contribution is 0.0694. The summed E-state index contributed by atoms with van der Waals surface area (Å²) in [6.07, 6.45) is 1.11. The van der Waals surface area contributed by atoms with Crippen molar-refractivity contribution in [3.8, 4) is 0 Å². The summed E-state index contributed by atoms with van der Waals surface area (Å²) in [6.45, 7) is 0. The molecule has 0 bridgehead atoms. The molecule has 17 heavy (non-hydrogen) atoms. The third-order valence-corrected chi connectivity index (χ3v) is 3.50. The van der Waals surface area contributed by atoms with Crippen LogP contribution in [0.25, 0.3) is 15.2 Å². The number of aromatic carboxylic acids is 1. The zero-order chi connectivity index (χ0) is 12.0. The fourth-order valence-electron chi connectivity index (χ4n) is 1.70. The Balaban J connectivity index is 2.57. The Bertz CT molecular complexity index is 803. The van der Waals surface area contributed by atoms with Gasteiger partial charge in [-0.25, -0.2) is 9.78 Å². The topological polar surface area (TPSA) is 71.7 Å². The minimum atomic E-state index is -1.26. The molecule has 0 aliphatic carbocycles. The van der Waals surface area contributed by atoms with Gasteiger partial charge < -0.3 is 5.11 Å². The van der Waals surface area contributed by atoms with E-state index in [1.807, 2.05) is 12.1 Å². The molecular weight excluding hydrogens is 240 g/mol. The summed E-state index contributed by atoms with van der Waals surface area (Å²) >= 11 is 1.36. The molecule has 0 saturated heterocycles. The minimum absolute atomic E-state index is 0.314. The van der Waals surface area contributed by atoms with Gasteiger partial charge in [0.05, 0.1) is 16.4 Å². The van der Waals surface area contributed by atoms with Crippen molar-refractivity contribution < 1.29 is 9.90 Å². The maximum Gasteiger partial charge on any atom is 0.342 e. The molecule has 3 rings (SSSR count). The fourth-order valence-corrected chi connectivity index (χ4v) is 2.68. The molecule has 0 radical (unpaired) electrons. The van der Waals surface area contributed by atoms with Crippen molar-refractivity contribution in [1.29, 1.82) is 0 Å². The molecule has 0 saturated carbocycles. The molecule has 0 aliphatic rings. The number of carboxylic acid groups (broad SMARTS) is 1. The minimum Gasteiger partial charge on any atom is -0.477 e. The molecule has 1 N–H and O–H groups in total. The summed E-state index contributed by atoms with van der Waals surface area (Å²) in [5, 5.41) is 8.88. The Kier molecular flexibility index (Phi) is 1.99. The molecule has 2 aromatic heterocycles. The first kappa shape index (κ1) is 9.98. The van der Waals surface area contributed by atoms with E-state index in [0.717, 1.165) is 10.9 Å². The lowest BCUT2D eigenvalue weighted by Gasteiger charge is -1.96. The molecule has 0 spiro atoms. The highest BCUT2D eigenvalue weighted by Crippen LogP contribution is 2.23. The second-order valence-electron chi connectivity index (χ2n) is 3.47. The third-order valence-electron chi connectivity index (χ3n) is 2.47. The first-order chi connectivity index (χ1) is 8.18. The summed E-state index contributed by atoms with van der Waals surface area (Å²) in [4.78, 5) is 27.4. The van der Waals surface area contributed by atoms with Crippen molar-refractivity contribution in [2.75, 3.05) is 0 Å². The number of thiazole rings is 1. The number of aromatic nitrogens is 2.